The minimum absolute atomic E-state index is 1.21. The first-order chi connectivity index (χ1) is 18.9. The van der Waals surface area contributed by atoms with Gasteiger partial charge >= 0.3 is 222 Å². The Balaban J connectivity index is 1.47. The molecule has 2 aromatic heterocycles. The quantitative estimate of drug-likeness (QED) is 0.251. The van der Waals surface area contributed by atoms with E-state index in [9.17, 15) is 0 Å². The standard InChI is InChI=1S/C34H24N3P/c1-2-12-24(13-3-1)25-14-4-5-19-30(25)37-31-20-10-15-26-28-17-6-8-22-35(28)38(33(26)31)34-27(16-11-21-32(34)37)29-18-7-9-23-36(29)38/h1-23,38H/q+2. The van der Waals surface area contributed by atoms with Crippen LogP contribution in [-0.4, -0.2) is 0 Å². The summed E-state index contributed by atoms with van der Waals surface area (Å²) in [5.41, 5.74) is 11.6. The molecule has 0 amide bonds. The molecule has 38 heavy (non-hydrogen) atoms. The average molecular weight is 506 g/mol. The second-order valence-corrected chi connectivity index (χ2v) is 13.5. The number of benzene rings is 4. The van der Waals surface area contributed by atoms with E-state index in [1.807, 2.05) is 0 Å². The molecule has 3 aliphatic heterocycles. The third-order valence-electron chi connectivity index (χ3n) is 8.46. The van der Waals surface area contributed by atoms with Crippen molar-refractivity contribution in [3.63, 3.8) is 0 Å². The Morgan fingerprint density at radius 3 is 1.55 bits per heavy atom. The Bertz CT molecular complexity index is 1850. The van der Waals surface area contributed by atoms with Crippen molar-refractivity contribution in [1.29, 1.82) is 0 Å². The van der Waals surface area contributed by atoms with E-state index >= 15 is 0 Å². The van der Waals surface area contributed by atoms with Crippen LogP contribution in [-0.2, 0) is 0 Å². The molecule has 0 saturated heterocycles. The summed E-state index contributed by atoms with van der Waals surface area (Å²) in [5, 5.41) is 2.95. The minimum atomic E-state index is -2.61. The van der Waals surface area contributed by atoms with Gasteiger partial charge in [-0.15, -0.1) is 0 Å². The Morgan fingerprint density at radius 1 is 0.421 bits per heavy atom. The molecule has 178 valence electrons. The Labute approximate surface area is 222 Å². The van der Waals surface area contributed by atoms with Crippen molar-refractivity contribution in [1.82, 2.24) is 0 Å². The molecule has 5 heterocycles. The maximum atomic E-state index is 2.63. The molecule has 0 bridgehead atoms. The van der Waals surface area contributed by atoms with Gasteiger partial charge in [-0.3, -0.25) is 0 Å². The van der Waals surface area contributed by atoms with Crippen molar-refractivity contribution in [3.05, 3.63) is 140 Å². The summed E-state index contributed by atoms with van der Waals surface area (Å²) in [4.78, 5) is 2.53. The molecule has 6 aromatic rings. The predicted molar refractivity (Wildman–Crippen MR) is 156 cm³/mol. The van der Waals surface area contributed by atoms with E-state index in [0.29, 0.717) is 0 Å². The fraction of sp³-hybridized carbons (Fsp3) is 0. The molecular formula is C34H24N3P+2. The van der Waals surface area contributed by atoms with E-state index in [-0.39, 0.29) is 0 Å². The first-order valence-corrected chi connectivity index (χ1v) is 15.0. The number of aromatic nitrogens is 2. The number of para-hydroxylation sites is 1. The van der Waals surface area contributed by atoms with Gasteiger partial charge in [-0.2, -0.15) is 0 Å². The zero-order valence-electron chi connectivity index (χ0n) is 20.6. The second-order valence-electron chi connectivity index (χ2n) is 10.2. The van der Waals surface area contributed by atoms with E-state index in [1.165, 1.54) is 61.3 Å². The van der Waals surface area contributed by atoms with Crippen LogP contribution in [0.3, 0.4) is 0 Å². The van der Waals surface area contributed by atoms with Crippen LogP contribution in [0, 0.1) is 0 Å². The van der Waals surface area contributed by atoms with Crippen LogP contribution in [0.5, 0.6) is 0 Å². The molecule has 0 atom stereocenters. The number of pyridine rings is 2. The van der Waals surface area contributed by atoms with E-state index in [2.05, 4.69) is 153 Å². The average Bonchev–Trinajstić information content (AvgIpc) is 3.47. The molecule has 4 heteroatoms. The third kappa shape index (κ3) is 2.30. The number of nitrogens with zero attached hydrogens (tertiary/aromatic N) is 3. The van der Waals surface area contributed by atoms with Gasteiger partial charge in [0.15, 0.2) is 0 Å². The van der Waals surface area contributed by atoms with Gasteiger partial charge < -0.3 is 0 Å². The van der Waals surface area contributed by atoms with Gasteiger partial charge in [0, 0.05) is 0 Å². The summed E-state index contributed by atoms with van der Waals surface area (Å²) >= 11 is 0. The molecule has 0 radical (unpaired) electrons. The van der Waals surface area contributed by atoms with Crippen LogP contribution in [0.1, 0.15) is 0 Å². The van der Waals surface area contributed by atoms with Crippen LogP contribution in [0.4, 0.5) is 17.1 Å². The molecule has 4 aromatic carbocycles. The fourth-order valence-corrected chi connectivity index (χ4v) is 12.6. The van der Waals surface area contributed by atoms with Gasteiger partial charge in [-0.1, -0.05) is 0 Å². The fourth-order valence-electron chi connectivity index (χ4n) is 7.14. The van der Waals surface area contributed by atoms with Gasteiger partial charge in [0.05, 0.1) is 0 Å². The Morgan fingerprint density at radius 2 is 0.921 bits per heavy atom. The van der Waals surface area contributed by atoms with E-state index in [0.717, 1.165) is 0 Å². The topological polar surface area (TPSA) is 11.0 Å². The van der Waals surface area contributed by atoms with Gasteiger partial charge in [-0.25, -0.2) is 0 Å². The van der Waals surface area contributed by atoms with Crippen LogP contribution in [0.25, 0.3) is 33.6 Å². The number of fused-ring (bicyclic) bond motifs is 4. The SMILES string of the molecule is c1ccc(-c2ccccc2N2c3cccc4c3[PH]3(c5c(cccc52)-c2cccc[n+]23)[n+]2ccccc2-4)cc1. The summed E-state index contributed by atoms with van der Waals surface area (Å²) in [6.07, 6.45) is 4.63. The zero-order chi connectivity index (χ0) is 24.8. The molecule has 3 aliphatic rings. The number of hydrogen-bond donors (Lipinski definition) is 0. The zero-order valence-corrected chi connectivity index (χ0v) is 21.6. The van der Waals surface area contributed by atoms with Crippen molar-refractivity contribution in [3.8, 4) is 33.6 Å². The maximum absolute atomic E-state index is 2.63. The van der Waals surface area contributed by atoms with Crippen molar-refractivity contribution in [2.24, 2.45) is 0 Å². The van der Waals surface area contributed by atoms with E-state index in [4.69, 9.17) is 0 Å². The number of anilines is 3. The molecule has 0 unspecified atom stereocenters. The monoisotopic (exact) mass is 505 g/mol. The van der Waals surface area contributed by atoms with Gasteiger partial charge in [-0.05, 0) is 0 Å². The number of hydrogen-bond acceptors (Lipinski definition) is 1. The third-order valence-corrected chi connectivity index (χ3v) is 13.1. The summed E-state index contributed by atoms with van der Waals surface area (Å²) in [6.45, 7) is 0. The van der Waals surface area contributed by atoms with Crippen molar-refractivity contribution < 1.29 is 8.68 Å². The van der Waals surface area contributed by atoms with Crippen LogP contribution < -0.4 is 24.2 Å². The van der Waals surface area contributed by atoms with Crippen molar-refractivity contribution in [2.75, 3.05) is 4.90 Å². The summed E-state index contributed by atoms with van der Waals surface area (Å²) < 4.78 is 5.25. The molecule has 1 spiro atoms. The molecule has 0 fully saturated rings. The van der Waals surface area contributed by atoms with Crippen molar-refractivity contribution in [2.45, 2.75) is 0 Å². The van der Waals surface area contributed by atoms with E-state index < -0.39 is 7.56 Å². The summed E-state index contributed by atoms with van der Waals surface area (Å²) in [5.74, 6) is 0. The Hall–Kier alpha value is -4.59. The molecule has 9 rings (SSSR count). The van der Waals surface area contributed by atoms with Gasteiger partial charge in [0.25, 0.3) is 0 Å². The molecule has 0 saturated carbocycles. The number of rotatable bonds is 2. The molecule has 0 N–H and O–H groups in total. The summed E-state index contributed by atoms with van der Waals surface area (Å²) in [6, 6.07) is 46.7. The second kappa shape index (κ2) is 7.25. The first kappa shape index (κ1) is 20.5. The van der Waals surface area contributed by atoms with Crippen molar-refractivity contribution >= 4 is 35.2 Å². The van der Waals surface area contributed by atoms with Gasteiger partial charge in [0.1, 0.15) is 0 Å². The van der Waals surface area contributed by atoms with Crippen LogP contribution >= 0.6 is 7.56 Å². The van der Waals surface area contributed by atoms with Gasteiger partial charge in [0.2, 0.25) is 0 Å². The molecule has 0 aliphatic carbocycles. The molecule has 3 nitrogen and oxygen atoms in total. The normalized spacial score (nSPS) is 15.3. The van der Waals surface area contributed by atoms with Crippen LogP contribution in [0.2, 0.25) is 0 Å². The first-order valence-electron chi connectivity index (χ1n) is 13.1. The van der Waals surface area contributed by atoms with E-state index in [1.54, 1.807) is 0 Å². The van der Waals surface area contributed by atoms with Crippen LogP contribution in [0.15, 0.2) is 140 Å². The summed E-state index contributed by atoms with van der Waals surface area (Å²) in [7, 11) is -2.61. The Kier molecular flexibility index (Phi) is 3.90. The predicted octanol–water partition coefficient (Wildman–Crippen LogP) is 6.30. The molecular weight excluding hydrogens is 481 g/mol.